The molecule has 0 aliphatic carbocycles. The number of nitrogens with one attached hydrogen (secondary N) is 2. The number of likely N-dealkylation sites (tertiary alicyclic amines) is 1. The average molecular weight is 630 g/mol. The van der Waals surface area contributed by atoms with Crippen LogP contribution in [-0.2, 0) is 9.59 Å². The van der Waals surface area contributed by atoms with E-state index in [2.05, 4.69) is 20.6 Å². The summed E-state index contributed by atoms with van der Waals surface area (Å²) in [4.78, 5) is 50.3. The summed E-state index contributed by atoms with van der Waals surface area (Å²) in [5.74, 6) is -0.896. The lowest BCUT2D eigenvalue weighted by Crippen LogP contribution is -2.55. The minimum absolute atomic E-state index is 0.0201. The van der Waals surface area contributed by atoms with Crippen molar-refractivity contribution < 1.29 is 28.6 Å². The van der Waals surface area contributed by atoms with Crippen LogP contribution in [0.5, 0.6) is 5.75 Å². The molecule has 0 radical (unpaired) electrons. The quantitative estimate of drug-likeness (QED) is 0.266. The summed E-state index contributed by atoms with van der Waals surface area (Å²) in [6.45, 7) is 4.36. The van der Waals surface area contributed by atoms with E-state index in [0.717, 1.165) is 11.3 Å². The molecule has 3 N–H and O–H groups in total. The van der Waals surface area contributed by atoms with Gasteiger partial charge in [0.2, 0.25) is 5.91 Å². The highest BCUT2D eigenvalue weighted by Crippen LogP contribution is 2.29. The minimum atomic E-state index is -0.886. The standard InChI is InChI=1S/C33H36FN7O5/c1-20-15-23(38-30-31-37-18-27(41(31)14-10-36-30)22-3-6-28(46-2)26(34)16-22)4-5-25(20)33(45)39-11-7-21(8-12-39)32(44)40-13-9-35-24(19-40)17-29(42)43/h3-6,10,14-16,18,21,24,35H,7-9,11-13,17,19H2,1-2H3,(H,36,38)(H,42,43). The molecular weight excluding hydrogens is 593 g/mol. The number of methoxy groups -OCH3 is 1. The number of benzene rings is 2. The van der Waals surface area contributed by atoms with Crippen LogP contribution < -0.4 is 15.4 Å². The second kappa shape index (κ2) is 13.1. The predicted octanol–water partition coefficient (Wildman–Crippen LogP) is 3.72. The number of carbonyl (C=O) groups is 3. The number of imidazole rings is 1. The molecule has 0 spiro atoms. The second-order valence-electron chi connectivity index (χ2n) is 11.7. The Morgan fingerprint density at radius 3 is 2.61 bits per heavy atom. The number of fused-ring (bicyclic) bond motifs is 1. The monoisotopic (exact) mass is 629 g/mol. The van der Waals surface area contributed by atoms with Gasteiger partial charge in [-0.2, -0.15) is 0 Å². The van der Waals surface area contributed by atoms with E-state index in [0.29, 0.717) is 73.9 Å². The molecule has 6 rings (SSSR count). The van der Waals surface area contributed by atoms with Crippen LogP contribution in [-0.4, -0.2) is 92.9 Å². The molecule has 1 unspecified atom stereocenters. The van der Waals surface area contributed by atoms with Crippen LogP contribution in [0.15, 0.2) is 55.0 Å². The molecule has 2 aliphatic rings. The van der Waals surface area contributed by atoms with E-state index in [1.807, 2.05) is 23.5 Å². The number of rotatable bonds is 8. The van der Waals surface area contributed by atoms with Gasteiger partial charge in [-0.25, -0.2) is 14.4 Å². The molecule has 0 bridgehead atoms. The fraction of sp³-hybridized carbons (Fsp3) is 0.364. The Hall–Kier alpha value is -5.04. The van der Waals surface area contributed by atoms with Crippen molar-refractivity contribution in [3.63, 3.8) is 0 Å². The first-order valence-corrected chi connectivity index (χ1v) is 15.3. The lowest BCUT2D eigenvalue weighted by atomic mass is 9.93. The maximum absolute atomic E-state index is 14.4. The highest BCUT2D eigenvalue weighted by atomic mass is 19.1. The second-order valence-corrected chi connectivity index (χ2v) is 11.7. The van der Waals surface area contributed by atoms with Gasteiger partial charge in [0.05, 0.1) is 25.4 Å². The average Bonchev–Trinajstić information content (AvgIpc) is 3.49. The van der Waals surface area contributed by atoms with Crippen LogP contribution in [0.2, 0.25) is 0 Å². The Balaban J connectivity index is 1.09. The topological polar surface area (TPSA) is 141 Å². The van der Waals surface area contributed by atoms with Gasteiger partial charge in [0.15, 0.2) is 23.0 Å². The van der Waals surface area contributed by atoms with Crippen molar-refractivity contribution in [1.82, 2.24) is 29.5 Å². The van der Waals surface area contributed by atoms with E-state index >= 15 is 0 Å². The number of carboxylic acids is 1. The van der Waals surface area contributed by atoms with E-state index in [9.17, 15) is 18.8 Å². The van der Waals surface area contributed by atoms with E-state index in [1.165, 1.54) is 13.2 Å². The van der Waals surface area contributed by atoms with Gasteiger partial charge in [-0.15, -0.1) is 0 Å². The molecule has 2 fully saturated rings. The number of anilines is 2. The predicted molar refractivity (Wildman–Crippen MR) is 169 cm³/mol. The maximum atomic E-state index is 14.4. The first kappa shape index (κ1) is 31.0. The fourth-order valence-corrected chi connectivity index (χ4v) is 6.30. The number of hydrogen-bond donors (Lipinski definition) is 3. The number of aromatic nitrogens is 3. The van der Waals surface area contributed by atoms with Crippen LogP contribution in [0.4, 0.5) is 15.9 Å². The Bertz CT molecular complexity index is 1790. The molecular formula is C33H36FN7O5. The number of amides is 2. The summed E-state index contributed by atoms with van der Waals surface area (Å²) in [6, 6.07) is 10.00. The first-order chi connectivity index (χ1) is 22.2. The normalized spacial score (nSPS) is 17.2. The van der Waals surface area contributed by atoms with Crippen molar-refractivity contribution in [2.45, 2.75) is 32.2 Å². The van der Waals surface area contributed by atoms with Gasteiger partial charge in [-0.1, -0.05) is 0 Å². The van der Waals surface area contributed by atoms with Crippen LogP contribution in [0.1, 0.15) is 35.2 Å². The summed E-state index contributed by atoms with van der Waals surface area (Å²) in [5.41, 5.74) is 4.01. The molecule has 0 saturated carbocycles. The Labute approximate surface area is 265 Å². The number of aryl methyl sites for hydroxylation is 1. The molecule has 240 valence electrons. The Morgan fingerprint density at radius 2 is 1.89 bits per heavy atom. The van der Waals surface area contributed by atoms with E-state index < -0.39 is 11.8 Å². The van der Waals surface area contributed by atoms with Gasteiger partial charge in [0.25, 0.3) is 5.91 Å². The van der Waals surface area contributed by atoms with E-state index in [1.54, 1.807) is 46.6 Å². The number of piperazine rings is 1. The third kappa shape index (κ3) is 6.36. The van der Waals surface area contributed by atoms with Gasteiger partial charge < -0.3 is 30.3 Å². The van der Waals surface area contributed by atoms with Gasteiger partial charge in [0, 0.05) is 73.9 Å². The molecule has 12 nitrogen and oxygen atoms in total. The number of carboxylic acid groups (broad SMARTS) is 1. The van der Waals surface area contributed by atoms with Gasteiger partial charge >= 0.3 is 5.97 Å². The number of piperidine rings is 1. The van der Waals surface area contributed by atoms with Crippen LogP contribution >= 0.6 is 0 Å². The summed E-state index contributed by atoms with van der Waals surface area (Å²) in [5, 5.41) is 15.6. The lowest BCUT2D eigenvalue weighted by molar-refractivity contribution is -0.141. The fourth-order valence-electron chi connectivity index (χ4n) is 6.30. The molecule has 4 aromatic rings. The van der Waals surface area contributed by atoms with Crippen LogP contribution in [0, 0.1) is 18.7 Å². The molecule has 2 aromatic carbocycles. The Kier molecular flexibility index (Phi) is 8.84. The number of halogens is 1. The number of ether oxygens (including phenoxy) is 1. The largest absolute Gasteiger partial charge is 0.494 e. The highest BCUT2D eigenvalue weighted by molar-refractivity contribution is 5.96. The van der Waals surface area contributed by atoms with Crippen molar-refractivity contribution in [2.75, 3.05) is 45.2 Å². The number of hydrogen-bond acceptors (Lipinski definition) is 8. The third-order valence-corrected chi connectivity index (χ3v) is 8.71. The molecule has 2 aromatic heterocycles. The molecule has 4 heterocycles. The van der Waals surface area contributed by atoms with Crippen molar-refractivity contribution in [3.8, 4) is 17.0 Å². The first-order valence-electron chi connectivity index (χ1n) is 15.3. The highest BCUT2D eigenvalue weighted by Gasteiger charge is 2.33. The molecule has 1 atom stereocenters. The van der Waals surface area contributed by atoms with Gasteiger partial charge in [-0.3, -0.25) is 18.8 Å². The number of aliphatic carboxylic acids is 1. The zero-order valence-electron chi connectivity index (χ0n) is 25.7. The Morgan fingerprint density at radius 1 is 1.09 bits per heavy atom. The molecule has 13 heteroatoms. The lowest BCUT2D eigenvalue weighted by Gasteiger charge is -2.38. The summed E-state index contributed by atoms with van der Waals surface area (Å²) in [6.07, 6.45) is 6.18. The van der Waals surface area contributed by atoms with Crippen molar-refractivity contribution in [1.29, 1.82) is 0 Å². The molecule has 2 amide bonds. The van der Waals surface area contributed by atoms with Crippen molar-refractivity contribution in [3.05, 3.63) is 71.9 Å². The van der Waals surface area contributed by atoms with E-state index in [-0.39, 0.29) is 35.9 Å². The summed E-state index contributed by atoms with van der Waals surface area (Å²) < 4.78 is 21.2. The van der Waals surface area contributed by atoms with Crippen LogP contribution in [0.25, 0.3) is 16.9 Å². The third-order valence-electron chi connectivity index (χ3n) is 8.71. The van der Waals surface area contributed by atoms with Gasteiger partial charge in [0.1, 0.15) is 0 Å². The zero-order valence-corrected chi connectivity index (χ0v) is 25.7. The maximum Gasteiger partial charge on any atom is 0.304 e. The van der Waals surface area contributed by atoms with Crippen LogP contribution in [0.3, 0.4) is 0 Å². The summed E-state index contributed by atoms with van der Waals surface area (Å²) in [7, 11) is 1.42. The van der Waals surface area contributed by atoms with E-state index in [4.69, 9.17) is 9.84 Å². The van der Waals surface area contributed by atoms with Gasteiger partial charge in [-0.05, 0) is 61.7 Å². The zero-order chi connectivity index (χ0) is 32.4. The van der Waals surface area contributed by atoms with Crippen molar-refractivity contribution >= 4 is 34.9 Å². The SMILES string of the molecule is COc1ccc(-c2cnc3c(Nc4ccc(C(=O)N5CCC(C(=O)N6CCNC(CC(=O)O)C6)CC5)c(C)c4)nccn23)cc1F. The smallest absolute Gasteiger partial charge is 0.304 e. The minimum Gasteiger partial charge on any atom is -0.494 e. The number of carbonyl (C=O) groups excluding carboxylic acids is 2. The van der Waals surface area contributed by atoms with Crippen molar-refractivity contribution in [2.24, 2.45) is 5.92 Å². The molecule has 2 aliphatic heterocycles. The summed E-state index contributed by atoms with van der Waals surface area (Å²) >= 11 is 0. The number of nitrogens with zero attached hydrogens (tertiary/aromatic N) is 5. The molecule has 2 saturated heterocycles. The molecule has 46 heavy (non-hydrogen) atoms.